The Bertz CT molecular complexity index is 185. The van der Waals surface area contributed by atoms with Crippen LogP contribution < -0.4 is 0 Å². The average Bonchev–Trinajstić information content (AvgIpc) is 2.04. The first kappa shape index (κ1) is 8.31. The van der Waals surface area contributed by atoms with Crippen molar-refractivity contribution in [2.75, 3.05) is 0 Å². The second kappa shape index (κ2) is 3.21. The summed E-state index contributed by atoms with van der Waals surface area (Å²) in [6, 6.07) is 0. The maximum absolute atomic E-state index is 9.81. The summed E-state index contributed by atoms with van der Waals surface area (Å²) in [6.07, 6.45) is 7.23. The summed E-state index contributed by atoms with van der Waals surface area (Å²) in [7, 11) is 0. The molecule has 0 radical (unpaired) electrons. The molecule has 0 bridgehead atoms. The first-order valence-electron chi connectivity index (χ1n) is 5.12. The number of hydrogen-bond donors (Lipinski definition) is 1. The maximum Gasteiger partial charge on any atom is 0.0608 e. The van der Waals surface area contributed by atoms with Crippen molar-refractivity contribution in [1.29, 1.82) is 0 Å². The average molecular weight is 166 g/mol. The molecule has 1 N–H and O–H groups in total. The smallest absolute Gasteiger partial charge is 0.0608 e. The van der Waals surface area contributed by atoms with Crippen LogP contribution in [0.1, 0.15) is 38.5 Å². The third kappa shape index (κ3) is 1.42. The molecule has 0 aromatic carbocycles. The number of aliphatic hydroxyl groups excluding tert-OH is 1. The monoisotopic (exact) mass is 166 g/mol. The van der Waals surface area contributed by atoms with Gasteiger partial charge in [0, 0.05) is 0 Å². The zero-order valence-corrected chi connectivity index (χ0v) is 7.63. The first-order valence-corrected chi connectivity index (χ1v) is 5.12. The normalized spacial score (nSPS) is 42.4. The summed E-state index contributed by atoms with van der Waals surface area (Å²) < 4.78 is 0. The minimum Gasteiger partial charge on any atom is -0.392 e. The van der Waals surface area contributed by atoms with Crippen molar-refractivity contribution in [3.05, 3.63) is 12.2 Å². The van der Waals surface area contributed by atoms with Gasteiger partial charge in [-0.3, -0.25) is 0 Å². The predicted molar refractivity (Wildman–Crippen MR) is 49.8 cm³/mol. The largest absolute Gasteiger partial charge is 0.392 e. The van der Waals surface area contributed by atoms with E-state index in [1.54, 1.807) is 0 Å². The van der Waals surface area contributed by atoms with E-state index in [0.717, 1.165) is 12.3 Å². The Morgan fingerprint density at radius 3 is 2.75 bits per heavy atom. The highest BCUT2D eigenvalue weighted by molar-refractivity contribution is 5.05. The third-order valence-corrected chi connectivity index (χ3v) is 3.51. The molecule has 2 aliphatic rings. The topological polar surface area (TPSA) is 20.2 Å². The number of hydrogen-bond acceptors (Lipinski definition) is 1. The van der Waals surface area contributed by atoms with E-state index in [-0.39, 0.29) is 6.10 Å². The van der Waals surface area contributed by atoms with E-state index in [9.17, 15) is 5.11 Å². The van der Waals surface area contributed by atoms with Gasteiger partial charge in [0.15, 0.2) is 0 Å². The third-order valence-electron chi connectivity index (χ3n) is 3.51. The van der Waals surface area contributed by atoms with Crippen LogP contribution in [0.25, 0.3) is 0 Å². The molecule has 2 aliphatic carbocycles. The van der Waals surface area contributed by atoms with E-state index in [2.05, 4.69) is 6.58 Å². The molecular weight excluding hydrogens is 148 g/mol. The van der Waals surface area contributed by atoms with Gasteiger partial charge in [0.25, 0.3) is 0 Å². The van der Waals surface area contributed by atoms with E-state index in [4.69, 9.17) is 0 Å². The molecule has 0 aromatic rings. The van der Waals surface area contributed by atoms with Gasteiger partial charge in [-0.1, -0.05) is 25.0 Å². The van der Waals surface area contributed by atoms with Gasteiger partial charge in [-0.05, 0) is 37.5 Å². The minimum atomic E-state index is -0.0726. The second-order valence-electron chi connectivity index (χ2n) is 4.43. The van der Waals surface area contributed by atoms with Gasteiger partial charge in [-0.15, -0.1) is 0 Å². The van der Waals surface area contributed by atoms with Crippen molar-refractivity contribution in [3.63, 3.8) is 0 Å². The molecule has 0 spiro atoms. The number of fused-ring (bicyclic) bond motifs is 1. The summed E-state index contributed by atoms with van der Waals surface area (Å²) >= 11 is 0. The van der Waals surface area contributed by atoms with Crippen molar-refractivity contribution in [2.24, 2.45) is 11.8 Å². The highest BCUT2D eigenvalue weighted by Gasteiger charge is 2.34. The standard InChI is InChI=1S/C11H18O/c1-8-6-9-4-2-3-5-10(9)11(12)7-8/h9-12H,1-7H2/t9-,10+,11+/m0/s1. The zero-order chi connectivity index (χ0) is 8.55. The lowest BCUT2D eigenvalue weighted by Gasteiger charge is -2.39. The Morgan fingerprint density at radius 1 is 1.17 bits per heavy atom. The van der Waals surface area contributed by atoms with Crippen LogP contribution in [0, 0.1) is 11.8 Å². The lowest BCUT2D eigenvalue weighted by Crippen LogP contribution is -2.35. The summed E-state index contributed by atoms with van der Waals surface area (Å²) in [4.78, 5) is 0. The Kier molecular flexibility index (Phi) is 2.22. The molecule has 2 rings (SSSR count). The summed E-state index contributed by atoms with van der Waals surface area (Å²) in [5.41, 5.74) is 1.27. The van der Waals surface area contributed by atoms with Crippen molar-refractivity contribution < 1.29 is 5.11 Å². The minimum absolute atomic E-state index is 0.0726. The molecule has 2 saturated carbocycles. The Balaban J connectivity index is 2.06. The van der Waals surface area contributed by atoms with Gasteiger partial charge < -0.3 is 5.11 Å². The fraction of sp³-hybridized carbons (Fsp3) is 0.818. The summed E-state index contributed by atoms with van der Waals surface area (Å²) in [5.74, 6) is 1.36. The molecule has 0 aromatic heterocycles. The maximum atomic E-state index is 9.81. The predicted octanol–water partition coefficient (Wildman–Crippen LogP) is 2.50. The molecule has 0 unspecified atom stereocenters. The fourth-order valence-corrected chi connectivity index (χ4v) is 2.90. The van der Waals surface area contributed by atoms with E-state index in [1.807, 2.05) is 0 Å². The van der Waals surface area contributed by atoms with Crippen molar-refractivity contribution >= 4 is 0 Å². The van der Waals surface area contributed by atoms with E-state index >= 15 is 0 Å². The van der Waals surface area contributed by atoms with Gasteiger partial charge >= 0.3 is 0 Å². The Labute approximate surface area is 74.5 Å². The van der Waals surface area contributed by atoms with Gasteiger partial charge in [-0.25, -0.2) is 0 Å². The number of rotatable bonds is 0. The molecule has 0 heterocycles. The fourth-order valence-electron chi connectivity index (χ4n) is 2.90. The lowest BCUT2D eigenvalue weighted by atomic mass is 9.68. The number of aliphatic hydroxyl groups is 1. The molecule has 68 valence electrons. The quantitative estimate of drug-likeness (QED) is 0.548. The van der Waals surface area contributed by atoms with Crippen LogP contribution in [0.5, 0.6) is 0 Å². The van der Waals surface area contributed by atoms with Crippen molar-refractivity contribution in [3.8, 4) is 0 Å². The van der Waals surface area contributed by atoms with Gasteiger partial charge in [0.05, 0.1) is 6.10 Å². The zero-order valence-electron chi connectivity index (χ0n) is 7.63. The van der Waals surface area contributed by atoms with Gasteiger partial charge in [0.2, 0.25) is 0 Å². The van der Waals surface area contributed by atoms with Crippen LogP contribution in [-0.4, -0.2) is 11.2 Å². The first-order chi connectivity index (χ1) is 5.77. The van der Waals surface area contributed by atoms with Crippen LogP contribution in [-0.2, 0) is 0 Å². The lowest BCUT2D eigenvalue weighted by molar-refractivity contribution is 0.0297. The summed E-state index contributed by atoms with van der Waals surface area (Å²) in [5, 5.41) is 9.81. The molecule has 1 nitrogen and oxygen atoms in total. The van der Waals surface area contributed by atoms with E-state index < -0.39 is 0 Å². The van der Waals surface area contributed by atoms with E-state index in [1.165, 1.54) is 37.7 Å². The van der Waals surface area contributed by atoms with Crippen LogP contribution >= 0.6 is 0 Å². The van der Waals surface area contributed by atoms with Crippen LogP contribution in [0.15, 0.2) is 12.2 Å². The van der Waals surface area contributed by atoms with Crippen LogP contribution in [0.4, 0.5) is 0 Å². The van der Waals surface area contributed by atoms with Crippen LogP contribution in [0.3, 0.4) is 0 Å². The molecule has 2 fully saturated rings. The Hall–Kier alpha value is -0.300. The summed E-state index contributed by atoms with van der Waals surface area (Å²) in [6.45, 7) is 4.00. The van der Waals surface area contributed by atoms with E-state index in [0.29, 0.717) is 5.92 Å². The molecule has 3 atom stereocenters. The molecule has 1 heteroatoms. The second-order valence-corrected chi connectivity index (χ2v) is 4.43. The molecular formula is C11H18O. The molecule has 0 amide bonds. The van der Waals surface area contributed by atoms with Crippen LogP contribution in [0.2, 0.25) is 0 Å². The van der Waals surface area contributed by atoms with Gasteiger partial charge in [0.1, 0.15) is 0 Å². The van der Waals surface area contributed by atoms with Gasteiger partial charge in [-0.2, -0.15) is 0 Å². The highest BCUT2D eigenvalue weighted by Crippen LogP contribution is 2.41. The molecule has 0 aliphatic heterocycles. The highest BCUT2D eigenvalue weighted by atomic mass is 16.3. The SMILES string of the molecule is C=C1C[C@@H]2CCCC[C@H]2[C@H](O)C1. The van der Waals surface area contributed by atoms with Crippen molar-refractivity contribution in [2.45, 2.75) is 44.6 Å². The molecule has 0 saturated heterocycles. The Morgan fingerprint density at radius 2 is 1.92 bits per heavy atom. The molecule has 12 heavy (non-hydrogen) atoms. The van der Waals surface area contributed by atoms with Crippen molar-refractivity contribution in [1.82, 2.24) is 0 Å².